The quantitative estimate of drug-likeness (QED) is 0.514. The summed E-state index contributed by atoms with van der Waals surface area (Å²) in [6, 6.07) is 16.9. The maximum atomic E-state index is 11.7. The molecule has 4 aromatic rings. The standard InChI is InChI=1S/C20H17N3O2/c1-3-18(24)14-8-10-15(11-9-14)25-20-16-6-4-5-7-17(16)23-19(21-20)12-13(2)22-23/h4-12H,3H2,1-2H3. The molecular formula is C20H17N3O2. The van der Waals surface area contributed by atoms with E-state index in [2.05, 4.69) is 10.1 Å². The monoisotopic (exact) mass is 331 g/mol. The van der Waals surface area contributed by atoms with Crippen LogP contribution >= 0.6 is 0 Å². The molecule has 0 fully saturated rings. The lowest BCUT2D eigenvalue weighted by Gasteiger charge is -2.09. The Kier molecular flexibility index (Phi) is 3.69. The predicted octanol–water partition coefficient (Wildman–Crippen LogP) is 4.58. The highest BCUT2D eigenvalue weighted by molar-refractivity contribution is 5.96. The van der Waals surface area contributed by atoms with Crippen LogP contribution in [0.3, 0.4) is 0 Å². The Balaban J connectivity index is 1.79. The topological polar surface area (TPSA) is 56.5 Å². The summed E-state index contributed by atoms with van der Waals surface area (Å²) in [7, 11) is 0. The number of hydrogen-bond donors (Lipinski definition) is 0. The van der Waals surface area contributed by atoms with Gasteiger partial charge in [0.1, 0.15) is 5.75 Å². The SMILES string of the molecule is CCC(=O)c1ccc(Oc2nc3cc(C)nn3c3ccccc23)cc1. The Labute approximate surface area is 144 Å². The van der Waals surface area contributed by atoms with Crippen LogP contribution in [0.4, 0.5) is 0 Å². The van der Waals surface area contributed by atoms with E-state index in [1.165, 1.54) is 0 Å². The Hall–Kier alpha value is -3.21. The molecule has 25 heavy (non-hydrogen) atoms. The molecule has 5 heteroatoms. The van der Waals surface area contributed by atoms with E-state index in [1.807, 2.05) is 48.7 Å². The van der Waals surface area contributed by atoms with E-state index in [-0.39, 0.29) is 5.78 Å². The number of para-hydroxylation sites is 1. The number of rotatable bonds is 4. The van der Waals surface area contributed by atoms with Gasteiger partial charge in [0, 0.05) is 18.1 Å². The van der Waals surface area contributed by atoms with Gasteiger partial charge in [-0.25, -0.2) is 4.52 Å². The fraction of sp³-hybridized carbons (Fsp3) is 0.150. The van der Waals surface area contributed by atoms with Gasteiger partial charge in [-0.15, -0.1) is 0 Å². The van der Waals surface area contributed by atoms with Gasteiger partial charge in [-0.1, -0.05) is 19.1 Å². The van der Waals surface area contributed by atoms with Crippen molar-refractivity contribution in [2.45, 2.75) is 20.3 Å². The van der Waals surface area contributed by atoms with Gasteiger partial charge in [-0.05, 0) is 43.3 Å². The molecule has 2 heterocycles. The molecule has 0 aliphatic heterocycles. The smallest absolute Gasteiger partial charge is 0.230 e. The molecule has 5 nitrogen and oxygen atoms in total. The maximum Gasteiger partial charge on any atom is 0.230 e. The lowest BCUT2D eigenvalue weighted by Crippen LogP contribution is -1.98. The van der Waals surface area contributed by atoms with Crippen LogP contribution in [0.2, 0.25) is 0 Å². The highest BCUT2D eigenvalue weighted by Gasteiger charge is 2.12. The highest BCUT2D eigenvalue weighted by atomic mass is 16.5. The van der Waals surface area contributed by atoms with Crippen molar-refractivity contribution in [2.24, 2.45) is 0 Å². The molecule has 0 N–H and O–H groups in total. The normalized spacial score (nSPS) is 11.1. The van der Waals surface area contributed by atoms with Gasteiger partial charge < -0.3 is 4.74 Å². The Morgan fingerprint density at radius 1 is 1.12 bits per heavy atom. The van der Waals surface area contributed by atoms with Crippen molar-refractivity contribution < 1.29 is 9.53 Å². The number of carbonyl (C=O) groups is 1. The number of benzene rings is 2. The van der Waals surface area contributed by atoms with Crippen LogP contribution < -0.4 is 4.74 Å². The zero-order chi connectivity index (χ0) is 17.4. The highest BCUT2D eigenvalue weighted by Crippen LogP contribution is 2.29. The van der Waals surface area contributed by atoms with Crippen molar-refractivity contribution in [3.05, 3.63) is 65.9 Å². The first-order valence-electron chi connectivity index (χ1n) is 8.22. The third-order valence-corrected chi connectivity index (χ3v) is 4.10. The summed E-state index contributed by atoms with van der Waals surface area (Å²) in [6.45, 7) is 3.79. The van der Waals surface area contributed by atoms with E-state index >= 15 is 0 Å². The minimum Gasteiger partial charge on any atom is -0.438 e. The lowest BCUT2D eigenvalue weighted by atomic mass is 10.1. The van der Waals surface area contributed by atoms with Gasteiger partial charge in [0.15, 0.2) is 11.4 Å². The second-order valence-electron chi connectivity index (χ2n) is 5.89. The van der Waals surface area contributed by atoms with Crippen LogP contribution in [0.25, 0.3) is 16.6 Å². The van der Waals surface area contributed by atoms with E-state index in [0.717, 1.165) is 22.2 Å². The van der Waals surface area contributed by atoms with Crippen molar-refractivity contribution in [2.75, 3.05) is 0 Å². The molecule has 4 rings (SSSR count). The molecule has 0 aliphatic rings. The fourth-order valence-electron chi connectivity index (χ4n) is 2.85. The van der Waals surface area contributed by atoms with Gasteiger partial charge in [0.25, 0.3) is 0 Å². The van der Waals surface area contributed by atoms with Crippen LogP contribution in [0, 0.1) is 6.92 Å². The molecule has 0 amide bonds. The molecule has 0 saturated heterocycles. The van der Waals surface area contributed by atoms with Crippen LogP contribution in [0.1, 0.15) is 29.4 Å². The third kappa shape index (κ3) is 2.74. The molecule has 0 atom stereocenters. The molecule has 0 spiro atoms. The number of ether oxygens (including phenoxy) is 1. The Morgan fingerprint density at radius 2 is 1.88 bits per heavy atom. The van der Waals surface area contributed by atoms with Gasteiger partial charge >= 0.3 is 0 Å². The van der Waals surface area contributed by atoms with Crippen LogP contribution in [-0.4, -0.2) is 20.4 Å². The van der Waals surface area contributed by atoms with Crippen LogP contribution in [-0.2, 0) is 0 Å². The number of Topliss-reactive ketones (excluding diaryl/α,β-unsaturated/α-hetero) is 1. The summed E-state index contributed by atoms with van der Waals surface area (Å²) >= 11 is 0. The largest absolute Gasteiger partial charge is 0.438 e. The molecule has 0 bridgehead atoms. The van der Waals surface area contributed by atoms with E-state index in [9.17, 15) is 4.79 Å². The van der Waals surface area contributed by atoms with Gasteiger partial charge in [-0.3, -0.25) is 4.79 Å². The first kappa shape index (κ1) is 15.3. The molecule has 2 aromatic heterocycles. The number of carbonyl (C=O) groups excluding carboxylic acids is 1. The van der Waals surface area contributed by atoms with E-state index in [0.29, 0.717) is 23.6 Å². The average molecular weight is 331 g/mol. The minimum atomic E-state index is 0.117. The average Bonchev–Trinajstić information content (AvgIpc) is 3.02. The zero-order valence-corrected chi connectivity index (χ0v) is 14.1. The van der Waals surface area contributed by atoms with Crippen molar-refractivity contribution >= 4 is 22.3 Å². The van der Waals surface area contributed by atoms with E-state index < -0.39 is 0 Å². The number of aromatic nitrogens is 3. The maximum absolute atomic E-state index is 11.7. The number of nitrogens with zero attached hydrogens (tertiary/aromatic N) is 3. The predicted molar refractivity (Wildman–Crippen MR) is 96.4 cm³/mol. The van der Waals surface area contributed by atoms with Crippen LogP contribution in [0.15, 0.2) is 54.6 Å². The third-order valence-electron chi connectivity index (χ3n) is 4.10. The summed E-state index contributed by atoms with van der Waals surface area (Å²) in [5.74, 6) is 1.29. The summed E-state index contributed by atoms with van der Waals surface area (Å²) in [5, 5.41) is 5.37. The van der Waals surface area contributed by atoms with E-state index in [4.69, 9.17) is 4.74 Å². The second-order valence-corrected chi connectivity index (χ2v) is 5.89. The summed E-state index contributed by atoms with van der Waals surface area (Å²) in [5.41, 5.74) is 3.27. The zero-order valence-electron chi connectivity index (χ0n) is 14.1. The second kappa shape index (κ2) is 6.02. The Morgan fingerprint density at radius 3 is 2.64 bits per heavy atom. The van der Waals surface area contributed by atoms with Crippen molar-refractivity contribution in [3.63, 3.8) is 0 Å². The van der Waals surface area contributed by atoms with Crippen molar-refractivity contribution in [1.29, 1.82) is 0 Å². The van der Waals surface area contributed by atoms with Gasteiger partial charge in [-0.2, -0.15) is 10.1 Å². The summed E-state index contributed by atoms with van der Waals surface area (Å²) in [6.07, 6.45) is 0.490. The summed E-state index contributed by atoms with van der Waals surface area (Å²) < 4.78 is 7.83. The number of aryl methyl sites for hydroxylation is 1. The molecule has 0 saturated carbocycles. The van der Waals surface area contributed by atoms with Gasteiger partial charge in [0.05, 0.1) is 16.6 Å². The van der Waals surface area contributed by atoms with Crippen molar-refractivity contribution in [1.82, 2.24) is 14.6 Å². The van der Waals surface area contributed by atoms with Gasteiger partial charge in [0.2, 0.25) is 5.88 Å². The number of ketones is 1. The van der Waals surface area contributed by atoms with Crippen LogP contribution in [0.5, 0.6) is 11.6 Å². The summed E-state index contributed by atoms with van der Waals surface area (Å²) in [4.78, 5) is 16.3. The number of fused-ring (bicyclic) bond motifs is 3. The fourth-order valence-corrected chi connectivity index (χ4v) is 2.85. The lowest BCUT2D eigenvalue weighted by molar-refractivity contribution is 0.0988. The van der Waals surface area contributed by atoms with E-state index in [1.54, 1.807) is 24.3 Å². The first-order valence-corrected chi connectivity index (χ1v) is 8.22. The molecular weight excluding hydrogens is 314 g/mol. The molecule has 0 aliphatic carbocycles. The Bertz CT molecular complexity index is 1080. The number of hydrogen-bond acceptors (Lipinski definition) is 4. The molecule has 0 unspecified atom stereocenters. The molecule has 124 valence electrons. The molecule has 0 radical (unpaired) electrons. The minimum absolute atomic E-state index is 0.117. The van der Waals surface area contributed by atoms with Crippen molar-refractivity contribution in [3.8, 4) is 11.6 Å². The molecule has 2 aromatic carbocycles. The first-order chi connectivity index (χ1) is 12.2.